The van der Waals surface area contributed by atoms with E-state index in [1.807, 2.05) is 20.8 Å². The number of thioether (sulfide) groups is 2. The second kappa shape index (κ2) is 13.8. The Balaban J connectivity index is 1.32. The molecule has 5 rings (SSSR count). The fraction of sp³-hybridized carbons (Fsp3) is 0.500. The van der Waals surface area contributed by atoms with E-state index in [9.17, 15) is 24.3 Å². The Morgan fingerprint density at radius 2 is 1.79 bits per heavy atom. The first kappa shape index (κ1) is 34.6. The van der Waals surface area contributed by atoms with E-state index in [4.69, 9.17) is 23.9 Å². The third kappa shape index (κ3) is 6.83. The summed E-state index contributed by atoms with van der Waals surface area (Å²) in [5, 5.41) is 10.9. The molecule has 0 spiro atoms. The van der Waals surface area contributed by atoms with Crippen LogP contribution in [0.25, 0.3) is 22.3 Å². The molecule has 1 N–H and O–H groups in total. The van der Waals surface area contributed by atoms with Crippen LogP contribution in [0.15, 0.2) is 29.1 Å². The number of esters is 2. The van der Waals surface area contributed by atoms with Gasteiger partial charge in [-0.3, -0.25) is 9.59 Å². The number of aryl methyl sites for hydroxylation is 1. The summed E-state index contributed by atoms with van der Waals surface area (Å²) in [6.45, 7) is 11.7. The summed E-state index contributed by atoms with van der Waals surface area (Å²) in [6, 6.07) is 6.70. The number of ether oxygens (including phenoxy) is 4. The van der Waals surface area contributed by atoms with E-state index >= 15 is 0 Å². The Bertz CT molecular complexity index is 1790. The van der Waals surface area contributed by atoms with Crippen LogP contribution in [0.2, 0.25) is 0 Å². The van der Waals surface area contributed by atoms with Gasteiger partial charge in [-0.2, -0.15) is 0 Å². The number of phenols is 1. The van der Waals surface area contributed by atoms with Gasteiger partial charge in [-0.05, 0) is 56.5 Å². The van der Waals surface area contributed by atoms with Gasteiger partial charge in [0.15, 0.2) is 0 Å². The van der Waals surface area contributed by atoms with Crippen LogP contribution in [0.1, 0.15) is 70.2 Å². The van der Waals surface area contributed by atoms with E-state index in [1.54, 1.807) is 73.1 Å². The quantitative estimate of drug-likeness (QED) is 0.0820. The zero-order chi connectivity index (χ0) is 34.1. The molecule has 252 valence electrons. The van der Waals surface area contributed by atoms with E-state index in [2.05, 4.69) is 0 Å². The lowest BCUT2D eigenvalue weighted by atomic mass is 9.85. The van der Waals surface area contributed by atoms with Crippen LogP contribution in [0, 0.1) is 5.92 Å². The number of cyclic esters (lactones) is 1. The molecule has 2 aliphatic rings. The largest absolute Gasteiger partial charge is 0.509 e. The molecule has 13 heteroatoms. The highest BCUT2D eigenvalue weighted by Gasteiger charge is 2.51. The Morgan fingerprint density at radius 3 is 2.45 bits per heavy atom. The first-order valence-electron chi connectivity index (χ1n) is 15.7. The highest BCUT2D eigenvalue weighted by Crippen LogP contribution is 2.42. The molecule has 2 aromatic heterocycles. The standard InChI is InChI=1S/C34H40N2O9S2/c1-7-21-22-15-20(37)9-10-26(22)35-28-23(21)17-36-27(28)16-25-24(29(36)38)18-44-31(40)34(25,8-2)45-32(41)43-12-14-47-33(5,6)46-13-11-42-30(39)19(3)4/h9-10,15-16,19,37H,7-8,11-14,17-18H2,1-6H3/t34-/m0/s1. The maximum atomic E-state index is 13.9. The monoisotopic (exact) mass is 684 g/mol. The van der Waals surface area contributed by atoms with Crippen molar-refractivity contribution in [3.05, 3.63) is 56.9 Å². The van der Waals surface area contributed by atoms with Gasteiger partial charge in [-0.25, -0.2) is 14.6 Å². The van der Waals surface area contributed by atoms with Gasteiger partial charge in [0.25, 0.3) is 5.56 Å². The minimum Gasteiger partial charge on any atom is -0.508 e. The molecular formula is C34H40N2O9S2. The molecule has 0 aliphatic carbocycles. The highest BCUT2D eigenvalue weighted by atomic mass is 32.2. The van der Waals surface area contributed by atoms with Crippen LogP contribution >= 0.6 is 23.5 Å². The number of carbonyl (C=O) groups is 3. The summed E-state index contributed by atoms with van der Waals surface area (Å²) in [6.07, 6.45) is -0.361. The molecule has 0 radical (unpaired) electrons. The number of rotatable bonds is 12. The summed E-state index contributed by atoms with van der Waals surface area (Å²) < 4.78 is 23.2. The fourth-order valence-electron chi connectivity index (χ4n) is 5.93. The van der Waals surface area contributed by atoms with Gasteiger partial charge < -0.3 is 28.6 Å². The first-order valence-corrected chi connectivity index (χ1v) is 17.7. The van der Waals surface area contributed by atoms with Crippen LogP contribution < -0.4 is 5.56 Å². The van der Waals surface area contributed by atoms with Crippen molar-refractivity contribution in [3.8, 4) is 17.1 Å². The molecule has 47 heavy (non-hydrogen) atoms. The zero-order valence-electron chi connectivity index (χ0n) is 27.5. The molecule has 11 nitrogen and oxygen atoms in total. The minimum atomic E-state index is -1.87. The molecule has 3 aromatic rings. The summed E-state index contributed by atoms with van der Waals surface area (Å²) in [5.74, 6) is 0.0575. The van der Waals surface area contributed by atoms with Crippen molar-refractivity contribution in [3.63, 3.8) is 0 Å². The molecule has 0 fully saturated rings. The lowest BCUT2D eigenvalue weighted by Crippen LogP contribution is -2.47. The van der Waals surface area contributed by atoms with Gasteiger partial charge in [0.1, 0.15) is 25.6 Å². The maximum absolute atomic E-state index is 13.9. The molecule has 0 amide bonds. The Morgan fingerprint density at radius 1 is 1.09 bits per heavy atom. The third-order valence-corrected chi connectivity index (χ3v) is 11.2. The number of benzene rings is 1. The van der Waals surface area contributed by atoms with E-state index in [-0.39, 0.29) is 64.6 Å². The SMILES string of the molecule is CCc1c2c(nc3ccc(O)cc13)-c1cc3c(c(=O)n1C2)COC(=O)[C@@]3(CC)OC(=O)OCCSC(C)(C)SCCOC(=O)C(C)C. The molecule has 1 atom stereocenters. The summed E-state index contributed by atoms with van der Waals surface area (Å²) in [4.78, 5) is 56.8. The van der Waals surface area contributed by atoms with Crippen molar-refractivity contribution in [1.82, 2.24) is 9.55 Å². The average molecular weight is 685 g/mol. The number of hydrogen-bond acceptors (Lipinski definition) is 12. The first-order chi connectivity index (χ1) is 22.3. The smallest absolute Gasteiger partial charge is 0.508 e. The lowest BCUT2D eigenvalue weighted by Gasteiger charge is -2.35. The van der Waals surface area contributed by atoms with Crippen molar-refractivity contribution in [1.29, 1.82) is 0 Å². The fourth-order valence-corrected chi connectivity index (χ4v) is 8.08. The number of fused-ring (bicyclic) bond motifs is 5. The number of aromatic hydroxyl groups is 1. The highest BCUT2D eigenvalue weighted by molar-refractivity contribution is 8.18. The summed E-state index contributed by atoms with van der Waals surface area (Å²) >= 11 is 3.20. The van der Waals surface area contributed by atoms with Gasteiger partial charge in [0.2, 0.25) is 5.60 Å². The Kier molecular flexibility index (Phi) is 10.2. The molecule has 0 saturated heterocycles. The average Bonchev–Trinajstić information content (AvgIpc) is 3.40. The van der Waals surface area contributed by atoms with Gasteiger partial charge in [-0.1, -0.05) is 27.7 Å². The number of hydrogen-bond donors (Lipinski definition) is 1. The summed E-state index contributed by atoms with van der Waals surface area (Å²) in [7, 11) is 0. The molecule has 0 saturated carbocycles. The lowest BCUT2D eigenvalue weighted by molar-refractivity contribution is -0.175. The minimum absolute atomic E-state index is 0.0219. The zero-order valence-corrected chi connectivity index (χ0v) is 29.1. The van der Waals surface area contributed by atoms with Crippen LogP contribution in [-0.4, -0.2) is 61.6 Å². The normalized spacial score (nSPS) is 16.8. The van der Waals surface area contributed by atoms with Crippen molar-refractivity contribution in [2.75, 3.05) is 24.7 Å². The Hall–Kier alpha value is -3.71. The van der Waals surface area contributed by atoms with Gasteiger partial charge in [0.05, 0.1) is 39.0 Å². The predicted octanol–water partition coefficient (Wildman–Crippen LogP) is 5.91. The second-order valence-corrected chi connectivity index (χ2v) is 15.9. The van der Waals surface area contributed by atoms with Crippen molar-refractivity contribution >= 4 is 52.5 Å². The van der Waals surface area contributed by atoms with Crippen molar-refractivity contribution < 1.29 is 38.4 Å². The predicted molar refractivity (Wildman–Crippen MR) is 181 cm³/mol. The molecular weight excluding hydrogens is 645 g/mol. The van der Waals surface area contributed by atoms with E-state index in [0.717, 1.165) is 16.5 Å². The van der Waals surface area contributed by atoms with Crippen LogP contribution in [0.5, 0.6) is 5.75 Å². The third-order valence-electron chi connectivity index (χ3n) is 8.37. The number of nitrogens with zero attached hydrogens (tertiary/aromatic N) is 2. The number of phenolic OH excluding ortho intramolecular Hbond substituents is 1. The Labute approximate surface area is 281 Å². The van der Waals surface area contributed by atoms with Crippen molar-refractivity contribution in [2.24, 2.45) is 5.92 Å². The van der Waals surface area contributed by atoms with E-state index in [1.165, 1.54) is 0 Å². The van der Waals surface area contributed by atoms with Gasteiger partial charge >= 0.3 is 18.1 Å². The van der Waals surface area contributed by atoms with Crippen LogP contribution in [0.3, 0.4) is 0 Å². The molecule has 2 aliphatic heterocycles. The van der Waals surface area contributed by atoms with Crippen LogP contribution in [0.4, 0.5) is 4.79 Å². The number of aromatic nitrogens is 2. The van der Waals surface area contributed by atoms with Gasteiger partial charge in [0, 0.05) is 28.0 Å². The van der Waals surface area contributed by atoms with Gasteiger partial charge in [-0.15, -0.1) is 23.5 Å². The van der Waals surface area contributed by atoms with Crippen molar-refractivity contribution in [2.45, 2.75) is 77.2 Å². The topological polar surface area (TPSA) is 143 Å². The van der Waals surface area contributed by atoms with E-state index in [0.29, 0.717) is 41.4 Å². The molecule has 0 bridgehead atoms. The van der Waals surface area contributed by atoms with E-state index < -0.39 is 17.7 Å². The number of carbonyl (C=O) groups excluding carboxylic acids is 3. The maximum Gasteiger partial charge on any atom is 0.509 e. The molecule has 4 heterocycles. The van der Waals surface area contributed by atoms with Crippen LogP contribution in [-0.2, 0) is 53.7 Å². The molecule has 0 unspecified atom stereocenters. The molecule has 1 aromatic carbocycles. The summed E-state index contributed by atoms with van der Waals surface area (Å²) in [5.41, 5.74) is 1.95. The number of pyridine rings is 2. The second-order valence-electron chi connectivity index (χ2n) is 12.2.